The van der Waals surface area contributed by atoms with E-state index in [1.807, 2.05) is 0 Å². The summed E-state index contributed by atoms with van der Waals surface area (Å²) in [4.78, 5) is 15.3. The fourth-order valence-electron chi connectivity index (χ4n) is 0.509. The molecule has 1 atom stereocenters. The molecule has 1 heterocycles. The van der Waals surface area contributed by atoms with Gasteiger partial charge in [-0.15, -0.1) is 0 Å². The molecule has 0 aromatic heterocycles. The Labute approximate surface area is 55.7 Å². The average Bonchev–Trinajstić information content (AvgIpc) is 1.98. The first-order chi connectivity index (χ1) is 3.72. The van der Waals surface area contributed by atoms with Gasteiger partial charge in [0, 0.05) is 7.05 Å². The monoisotopic (exact) mass is 179 g/mol. The lowest BCUT2D eigenvalue weighted by atomic mass is 10.4. The van der Waals surface area contributed by atoms with Gasteiger partial charge in [0.05, 0.1) is 6.61 Å². The third kappa shape index (κ3) is 0.855. The molecule has 0 radical (unpaired) electrons. The Morgan fingerprint density at radius 2 is 2.62 bits per heavy atom. The zero-order chi connectivity index (χ0) is 6.15. The van der Waals surface area contributed by atoms with Gasteiger partial charge >= 0.3 is 0 Å². The number of carbonyl (C=O) groups excluding carboxylic acids is 1. The highest BCUT2D eigenvalue weighted by Gasteiger charge is 2.27. The second-order valence-electron chi connectivity index (χ2n) is 1.60. The Balaban J connectivity index is 2.57. The van der Waals surface area contributed by atoms with Crippen molar-refractivity contribution in [2.24, 2.45) is 0 Å². The van der Waals surface area contributed by atoms with Gasteiger partial charge in [-0.1, -0.05) is 15.9 Å². The molecule has 0 spiro atoms. The van der Waals surface area contributed by atoms with Gasteiger partial charge in [0.25, 0.3) is 5.91 Å². The molecular weight excluding hydrogens is 174 g/mol. The van der Waals surface area contributed by atoms with E-state index in [1.165, 1.54) is 5.06 Å². The van der Waals surface area contributed by atoms with Gasteiger partial charge in [-0.05, 0) is 0 Å². The van der Waals surface area contributed by atoms with E-state index in [0.717, 1.165) is 0 Å². The van der Waals surface area contributed by atoms with Crippen LogP contribution in [0.15, 0.2) is 0 Å². The molecule has 46 valence electrons. The van der Waals surface area contributed by atoms with E-state index in [4.69, 9.17) is 4.84 Å². The summed E-state index contributed by atoms with van der Waals surface area (Å²) in [5.41, 5.74) is 0. The van der Waals surface area contributed by atoms with Crippen LogP contribution in [-0.4, -0.2) is 29.5 Å². The van der Waals surface area contributed by atoms with E-state index in [-0.39, 0.29) is 10.7 Å². The van der Waals surface area contributed by atoms with Crippen LogP contribution in [0.2, 0.25) is 0 Å². The first-order valence-electron chi connectivity index (χ1n) is 2.26. The summed E-state index contributed by atoms with van der Waals surface area (Å²) < 4.78 is 0. The van der Waals surface area contributed by atoms with Crippen molar-refractivity contribution in [1.82, 2.24) is 5.06 Å². The van der Waals surface area contributed by atoms with Crippen molar-refractivity contribution in [1.29, 1.82) is 0 Å². The third-order valence-corrected chi connectivity index (χ3v) is 1.65. The smallest absolute Gasteiger partial charge is 0.262 e. The molecule has 0 N–H and O–H groups in total. The minimum Gasteiger partial charge on any atom is -0.271 e. The molecule has 4 heteroatoms. The van der Waals surface area contributed by atoms with Crippen LogP contribution in [-0.2, 0) is 9.63 Å². The fraction of sp³-hybridized carbons (Fsp3) is 0.750. The Morgan fingerprint density at radius 1 is 2.00 bits per heavy atom. The molecule has 0 aromatic carbocycles. The predicted octanol–water partition coefficient (Wildman–Crippen LogP) is 0.153. The van der Waals surface area contributed by atoms with Crippen molar-refractivity contribution in [2.75, 3.05) is 13.7 Å². The Bertz CT molecular complexity index is 105. The van der Waals surface area contributed by atoms with Gasteiger partial charge in [0.1, 0.15) is 4.83 Å². The van der Waals surface area contributed by atoms with Crippen LogP contribution in [0.1, 0.15) is 0 Å². The maximum absolute atomic E-state index is 10.7. The molecule has 0 bridgehead atoms. The fourth-order valence-corrected chi connectivity index (χ4v) is 0.916. The van der Waals surface area contributed by atoms with E-state index >= 15 is 0 Å². The number of halogens is 1. The minimum atomic E-state index is -0.132. The van der Waals surface area contributed by atoms with Crippen LogP contribution in [0, 0.1) is 0 Å². The molecule has 1 amide bonds. The summed E-state index contributed by atoms with van der Waals surface area (Å²) in [6, 6.07) is 0. The van der Waals surface area contributed by atoms with E-state index in [2.05, 4.69) is 15.9 Å². The van der Waals surface area contributed by atoms with E-state index in [9.17, 15) is 4.79 Å². The topological polar surface area (TPSA) is 29.5 Å². The van der Waals surface area contributed by atoms with Gasteiger partial charge in [-0.2, -0.15) is 0 Å². The third-order valence-electron chi connectivity index (χ3n) is 0.993. The maximum atomic E-state index is 10.7. The number of hydrogen-bond donors (Lipinski definition) is 0. The number of hydrogen-bond acceptors (Lipinski definition) is 2. The predicted molar refractivity (Wildman–Crippen MR) is 31.4 cm³/mol. The highest BCUT2D eigenvalue weighted by molar-refractivity contribution is 9.10. The largest absolute Gasteiger partial charge is 0.271 e. The normalized spacial score (nSPS) is 29.5. The zero-order valence-corrected chi connectivity index (χ0v) is 6.01. The van der Waals surface area contributed by atoms with E-state index < -0.39 is 0 Å². The average molecular weight is 180 g/mol. The Kier molecular flexibility index (Phi) is 1.53. The molecule has 1 fully saturated rings. The number of nitrogens with zero attached hydrogens (tertiary/aromatic N) is 1. The van der Waals surface area contributed by atoms with Gasteiger partial charge in [0.15, 0.2) is 0 Å². The molecule has 1 aliphatic heterocycles. The van der Waals surface area contributed by atoms with Crippen LogP contribution in [0.5, 0.6) is 0 Å². The van der Waals surface area contributed by atoms with Crippen molar-refractivity contribution >= 4 is 21.8 Å². The highest BCUT2D eigenvalue weighted by atomic mass is 79.9. The van der Waals surface area contributed by atoms with Crippen molar-refractivity contribution in [3.05, 3.63) is 0 Å². The molecule has 1 rings (SSSR count). The van der Waals surface area contributed by atoms with Crippen molar-refractivity contribution < 1.29 is 9.63 Å². The van der Waals surface area contributed by atoms with Gasteiger partial charge in [0.2, 0.25) is 0 Å². The Hall–Kier alpha value is -0.0900. The highest BCUT2D eigenvalue weighted by Crippen LogP contribution is 2.11. The Morgan fingerprint density at radius 3 is 2.75 bits per heavy atom. The second kappa shape index (κ2) is 2.03. The van der Waals surface area contributed by atoms with Crippen molar-refractivity contribution in [3.63, 3.8) is 0 Å². The number of rotatable bonds is 0. The number of hydroxylamine groups is 2. The number of alkyl halides is 1. The standard InChI is InChI=1S/C4H6BrNO2/c1-6-4(7)3(5)2-8-6/h3H,2H2,1H3. The molecule has 0 saturated carbocycles. The van der Waals surface area contributed by atoms with Crippen LogP contribution >= 0.6 is 15.9 Å². The first kappa shape index (κ1) is 6.04. The summed E-state index contributed by atoms with van der Waals surface area (Å²) in [5.74, 6) is -0.00926. The lowest BCUT2D eigenvalue weighted by Gasteiger charge is -2.02. The van der Waals surface area contributed by atoms with Crippen LogP contribution in [0.3, 0.4) is 0 Å². The SMILES string of the molecule is CN1OCC(Br)C1=O. The first-order valence-corrected chi connectivity index (χ1v) is 3.18. The molecule has 0 aliphatic carbocycles. The van der Waals surface area contributed by atoms with Crippen molar-refractivity contribution in [2.45, 2.75) is 4.83 Å². The number of carbonyl (C=O) groups is 1. The molecular formula is C4H6BrNO2. The minimum absolute atomic E-state index is 0.00926. The number of amides is 1. The summed E-state index contributed by atoms with van der Waals surface area (Å²) in [6.07, 6.45) is 0. The summed E-state index contributed by atoms with van der Waals surface area (Å²) in [5, 5.41) is 1.24. The second-order valence-corrected chi connectivity index (χ2v) is 2.70. The lowest BCUT2D eigenvalue weighted by Crippen LogP contribution is -2.21. The maximum Gasteiger partial charge on any atom is 0.262 e. The molecule has 3 nitrogen and oxygen atoms in total. The van der Waals surface area contributed by atoms with Crippen LogP contribution < -0.4 is 0 Å². The molecule has 8 heavy (non-hydrogen) atoms. The lowest BCUT2D eigenvalue weighted by molar-refractivity contribution is -0.154. The summed E-state index contributed by atoms with van der Waals surface area (Å²) in [7, 11) is 1.60. The zero-order valence-electron chi connectivity index (χ0n) is 4.43. The molecule has 1 unspecified atom stereocenters. The summed E-state index contributed by atoms with van der Waals surface area (Å²) >= 11 is 3.13. The van der Waals surface area contributed by atoms with Gasteiger partial charge < -0.3 is 0 Å². The van der Waals surface area contributed by atoms with E-state index in [1.54, 1.807) is 7.05 Å². The molecule has 1 saturated heterocycles. The van der Waals surface area contributed by atoms with Gasteiger partial charge in [-0.3, -0.25) is 9.63 Å². The van der Waals surface area contributed by atoms with Gasteiger partial charge in [-0.25, -0.2) is 5.06 Å². The van der Waals surface area contributed by atoms with Crippen LogP contribution in [0.4, 0.5) is 0 Å². The summed E-state index contributed by atoms with van der Waals surface area (Å²) in [6.45, 7) is 0.454. The quantitative estimate of drug-likeness (QED) is 0.496. The molecule has 1 aliphatic rings. The molecule has 0 aromatic rings. The van der Waals surface area contributed by atoms with E-state index in [0.29, 0.717) is 6.61 Å². The van der Waals surface area contributed by atoms with Crippen molar-refractivity contribution in [3.8, 4) is 0 Å². The van der Waals surface area contributed by atoms with Crippen LogP contribution in [0.25, 0.3) is 0 Å².